The number of halogens is 1. The number of carbonyl (C=O) groups excluding carboxylic acids is 1. The number of ether oxygens (including phenoxy) is 1. The molecule has 1 aromatic carbocycles. The van der Waals surface area contributed by atoms with E-state index in [0.29, 0.717) is 0 Å². The fraction of sp³-hybridized carbons (Fsp3) is 0.300. The van der Waals surface area contributed by atoms with Crippen LogP contribution in [0.5, 0.6) is 0 Å². The van der Waals surface area contributed by atoms with Gasteiger partial charge < -0.3 is 10.5 Å². The van der Waals surface area contributed by atoms with Crippen molar-refractivity contribution >= 4 is 17.6 Å². The zero-order valence-corrected chi connectivity index (χ0v) is 8.41. The molecule has 1 rings (SSSR count). The second kappa shape index (κ2) is 5.62. The summed E-state index contributed by atoms with van der Waals surface area (Å²) in [6, 6.07) is 8.67. The Morgan fingerprint density at radius 3 is 2.64 bits per heavy atom. The Morgan fingerprint density at radius 1 is 1.43 bits per heavy atom. The van der Waals surface area contributed by atoms with Crippen LogP contribution < -0.4 is 5.73 Å². The van der Waals surface area contributed by atoms with Crippen molar-refractivity contribution in [3.63, 3.8) is 0 Å². The van der Waals surface area contributed by atoms with Crippen molar-refractivity contribution in [1.82, 2.24) is 0 Å². The molecule has 3 nitrogen and oxygen atoms in total. The Labute approximate surface area is 87.8 Å². The van der Waals surface area contributed by atoms with Gasteiger partial charge in [0, 0.05) is 5.88 Å². The molecule has 14 heavy (non-hydrogen) atoms. The third kappa shape index (κ3) is 3.36. The number of carbonyl (C=O) groups is 1. The van der Waals surface area contributed by atoms with Gasteiger partial charge in [0.15, 0.2) is 0 Å². The quantitative estimate of drug-likeness (QED) is 0.606. The Bertz CT molecular complexity index is 289. The molecule has 4 heteroatoms. The Balaban J connectivity index is 2.38. The Hall–Kier alpha value is -1.06. The highest BCUT2D eigenvalue weighted by atomic mass is 35.5. The van der Waals surface area contributed by atoms with Crippen molar-refractivity contribution in [2.45, 2.75) is 12.6 Å². The van der Waals surface area contributed by atoms with Gasteiger partial charge in [0.1, 0.15) is 12.6 Å². The minimum Gasteiger partial charge on any atom is -0.460 e. The van der Waals surface area contributed by atoms with Gasteiger partial charge in [-0.2, -0.15) is 0 Å². The van der Waals surface area contributed by atoms with E-state index < -0.39 is 12.0 Å². The number of nitrogens with two attached hydrogens (primary N) is 1. The summed E-state index contributed by atoms with van der Waals surface area (Å²) in [5, 5.41) is 0. The molecule has 0 amide bonds. The van der Waals surface area contributed by atoms with Crippen LogP contribution in [0.15, 0.2) is 30.3 Å². The molecule has 0 fully saturated rings. The summed E-state index contributed by atoms with van der Waals surface area (Å²) in [6.45, 7) is 0.240. The first-order valence-electron chi connectivity index (χ1n) is 4.26. The molecule has 1 unspecified atom stereocenters. The van der Waals surface area contributed by atoms with Gasteiger partial charge in [-0.1, -0.05) is 30.3 Å². The molecule has 1 aromatic rings. The number of alkyl halides is 1. The molecule has 76 valence electrons. The first-order chi connectivity index (χ1) is 6.74. The standard InChI is InChI=1S/C10H12ClNO2/c11-6-9(12)10(13)14-7-8-4-2-1-3-5-8/h1-5,9H,6-7,12H2. The molecule has 0 aliphatic rings. The highest BCUT2D eigenvalue weighted by Gasteiger charge is 2.12. The fourth-order valence-corrected chi connectivity index (χ4v) is 1.02. The first kappa shape index (κ1) is 11.0. The highest BCUT2D eigenvalue weighted by Crippen LogP contribution is 2.01. The van der Waals surface area contributed by atoms with E-state index in [4.69, 9.17) is 22.1 Å². The van der Waals surface area contributed by atoms with Gasteiger partial charge in [0.2, 0.25) is 0 Å². The number of hydrogen-bond acceptors (Lipinski definition) is 3. The second-order valence-electron chi connectivity index (χ2n) is 2.85. The molecule has 0 spiro atoms. The van der Waals surface area contributed by atoms with Crippen LogP contribution in [0, 0.1) is 0 Å². The van der Waals surface area contributed by atoms with E-state index in [0.717, 1.165) is 5.56 Å². The second-order valence-corrected chi connectivity index (χ2v) is 3.16. The van der Waals surface area contributed by atoms with E-state index >= 15 is 0 Å². The summed E-state index contributed by atoms with van der Waals surface area (Å²) in [5.74, 6) is -0.392. The maximum atomic E-state index is 11.1. The molecule has 0 aliphatic carbocycles. The lowest BCUT2D eigenvalue weighted by atomic mass is 10.2. The average molecular weight is 214 g/mol. The summed E-state index contributed by atoms with van der Waals surface area (Å²) < 4.78 is 4.93. The van der Waals surface area contributed by atoms with Crippen LogP contribution >= 0.6 is 11.6 Å². The van der Waals surface area contributed by atoms with E-state index in [-0.39, 0.29) is 12.5 Å². The number of benzene rings is 1. The van der Waals surface area contributed by atoms with Crippen molar-refractivity contribution < 1.29 is 9.53 Å². The van der Waals surface area contributed by atoms with Crippen molar-refractivity contribution in [3.05, 3.63) is 35.9 Å². The first-order valence-corrected chi connectivity index (χ1v) is 4.79. The van der Waals surface area contributed by atoms with Gasteiger partial charge in [-0.15, -0.1) is 11.6 Å². The van der Waals surface area contributed by atoms with Gasteiger partial charge in [0.25, 0.3) is 0 Å². The van der Waals surface area contributed by atoms with Gasteiger partial charge in [0.05, 0.1) is 0 Å². The predicted octanol–water partition coefficient (Wildman–Crippen LogP) is 1.30. The topological polar surface area (TPSA) is 52.3 Å². The lowest BCUT2D eigenvalue weighted by Gasteiger charge is -2.08. The minimum atomic E-state index is -0.736. The highest BCUT2D eigenvalue weighted by molar-refractivity contribution is 6.19. The third-order valence-electron chi connectivity index (χ3n) is 1.69. The van der Waals surface area contributed by atoms with Crippen molar-refractivity contribution in [2.75, 3.05) is 5.88 Å². The van der Waals surface area contributed by atoms with Crippen LogP contribution in [0.1, 0.15) is 5.56 Å². The summed E-state index contributed by atoms with van der Waals surface area (Å²) in [4.78, 5) is 11.1. The van der Waals surface area contributed by atoms with Gasteiger partial charge in [-0.25, -0.2) is 0 Å². The largest absolute Gasteiger partial charge is 0.460 e. The molecule has 1 atom stereocenters. The number of hydrogen-bond donors (Lipinski definition) is 1. The van der Waals surface area contributed by atoms with Crippen LogP contribution in [0.4, 0.5) is 0 Å². The molecule has 2 N–H and O–H groups in total. The molecule has 0 radical (unpaired) electrons. The number of esters is 1. The van der Waals surface area contributed by atoms with E-state index in [2.05, 4.69) is 0 Å². The maximum absolute atomic E-state index is 11.1. The van der Waals surface area contributed by atoms with E-state index in [9.17, 15) is 4.79 Å². The lowest BCUT2D eigenvalue weighted by molar-refractivity contribution is -0.145. The van der Waals surface area contributed by atoms with Crippen molar-refractivity contribution in [1.29, 1.82) is 0 Å². The lowest BCUT2D eigenvalue weighted by Crippen LogP contribution is -2.33. The monoisotopic (exact) mass is 213 g/mol. The van der Waals surface area contributed by atoms with Crippen molar-refractivity contribution in [2.24, 2.45) is 5.73 Å². The smallest absolute Gasteiger partial charge is 0.324 e. The molecule has 0 saturated carbocycles. The molecular weight excluding hydrogens is 202 g/mol. The normalized spacial score (nSPS) is 12.1. The van der Waals surface area contributed by atoms with E-state index in [1.807, 2.05) is 30.3 Å². The number of rotatable bonds is 4. The fourth-order valence-electron chi connectivity index (χ4n) is 0.899. The van der Waals surface area contributed by atoms with Crippen LogP contribution in [0.2, 0.25) is 0 Å². The summed E-state index contributed by atoms with van der Waals surface area (Å²) >= 11 is 5.40. The third-order valence-corrected chi connectivity index (χ3v) is 2.03. The zero-order valence-electron chi connectivity index (χ0n) is 7.65. The van der Waals surface area contributed by atoms with Gasteiger partial charge >= 0.3 is 5.97 Å². The summed E-state index contributed by atoms with van der Waals surface area (Å²) in [7, 11) is 0. The molecular formula is C10H12ClNO2. The summed E-state index contributed by atoms with van der Waals surface area (Å²) in [6.07, 6.45) is 0. The summed E-state index contributed by atoms with van der Waals surface area (Å²) in [5.41, 5.74) is 6.31. The van der Waals surface area contributed by atoms with Gasteiger partial charge in [-0.3, -0.25) is 4.79 Å². The zero-order chi connectivity index (χ0) is 10.4. The Kier molecular flexibility index (Phi) is 4.43. The molecule has 0 aliphatic heterocycles. The van der Waals surface area contributed by atoms with Crippen LogP contribution in [-0.4, -0.2) is 17.9 Å². The molecule has 0 heterocycles. The Morgan fingerprint density at radius 2 is 2.07 bits per heavy atom. The average Bonchev–Trinajstić information content (AvgIpc) is 2.26. The van der Waals surface area contributed by atoms with E-state index in [1.165, 1.54) is 0 Å². The maximum Gasteiger partial charge on any atom is 0.324 e. The molecule has 0 aromatic heterocycles. The van der Waals surface area contributed by atoms with Crippen LogP contribution in [0.25, 0.3) is 0 Å². The SMILES string of the molecule is NC(CCl)C(=O)OCc1ccccc1. The van der Waals surface area contributed by atoms with Crippen LogP contribution in [-0.2, 0) is 16.1 Å². The van der Waals surface area contributed by atoms with Gasteiger partial charge in [-0.05, 0) is 5.56 Å². The van der Waals surface area contributed by atoms with Crippen LogP contribution in [0.3, 0.4) is 0 Å². The molecule has 0 saturated heterocycles. The molecule has 0 bridgehead atoms. The minimum absolute atomic E-state index is 0.0770. The van der Waals surface area contributed by atoms with Crippen molar-refractivity contribution in [3.8, 4) is 0 Å². The predicted molar refractivity (Wildman–Crippen MR) is 54.9 cm³/mol. The van der Waals surface area contributed by atoms with E-state index in [1.54, 1.807) is 0 Å².